The molecule has 0 aliphatic rings. The monoisotopic (exact) mass is 360 g/mol. The predicted molar refractivity (Wildman–Crippen MR) is 107 cm³/mol. The number of carbonyl (C=O) groups is 1. The average Bonchev–Trinajstić information content (AvgIpc) is 2.73. The summed E-state index contributed by atoms with van der Waals surface area (Å²) in [5.74, 6) is 0.569. The van der Waals surface area contributed by atoms with Gasteiger partial charge in [-0.2, -0.15) is 0 Å². The third-order valence-electron chi connectivity index (χ3n) is 4.60. The Morgan fingerprint density at radius 2 is 1.52 bits per heavy atom. The molecule has 1 atom stereocenters. The number of aryl methyl sites for hydroxylation is 2. The summed E-state index contributed by atoms with van der Waals surface area (Å²) in [5.41, 5.74) is 4.07. The largest absolute Gasteiger partial charge is 0.486 e. The fourth-order valence-corrected chi connectivity index (χ4v) is 3.02. The number of para-hydroxylation sites is 1. The van der Waals surface area contributed by atoms with Gasteiger partial charge in [-0.15, -0.1) is 0 Å². The van der Waals surface area contributed by atoms with E-state index in [0.29, 0.717) is 5.56 Å². The number of methoxy groups -OCH3 is 1. The number of benzene rings is 3. The highest BCUT2D eigenvalue weighted by atomic mass is 16.5. The van der Waals surface area contributed by atoms with Gasteiger partial charge >= 0.3 is 5.97 Å². The second-order valence-electron chi connectivity index (χ2n) is 6.47. The van der Waals surface area contributed by atoms with Crippen molar-refractivity contribution in [1.29, 1.82) is 0 Å². The van der Waals surface area contributed by atoms with Crippen LogP contribution in [0.3, 0.4) is 0 Å². The molecule has 0 N–H and O–H groups in total. The van der Waals surface area contributed by atoms with Crippen LogP contribution < -0.4 is 4.74 Å². The smallest absolute Gasteiger partial charge is 0.337 e. The molecule has 0 fully saturated rings. The van der Waals surface area contributed by atoms with Crippen LogP contribution in [0.1, 0.15) is 40.1 Å². The first-order valence-electron chi connectivity index (χ1n) is 9.14. The summed E-state index contributed by atoms with van der Waals surface area (Å²) >= 11 is 0. The van der Waals surface area contributed by atoms with Crippen LogP contribution in [0.4, 0.5) is 0 Å². The Hall–Kier alpha value is -3.07. The third kappa shape index (κ3) is 4.98. The Kier molecular flexibility index (Phi) is 6.26. The highest BCUT2D eigenvalue weighted by molar-refractivity contribution is 5.89. The molecule has 3 aromatic carbocycles. The lowest BCUT2D eigenvalue weighted by molar-refractivity contribution is 0.0600. The molecular weight excluding hydrogens is 336 g/mol. The maximum atomic E-state index is 11.6. The van der Waals surface area contributed by atoms with Crippen molar-refractivity contribution in [1.82, 2.24) is 0 Å². The van der Waals surface area contributed by atoms with E-state index in [4.69, 9.17) is 9.47 Å². The predicted octanol–water partition coefficient (Wildman–Crippen LogP) is 5.40. The van der Waals surface area contributed by atoms with Gasteiger partial charge in [-0.3, -0.25) is 0 Å². The first kappa shape index (κ1) is 18.7. The van der Waals surface area contributed by atoms with Crippen LogP contribution in [0, 0.1) is 0 Å². The zero-order valence-electron chi connectivity index (χ0n) is 15.7. The number of ether oxygens (including phenoxy) is 2. The number of hydrogen-bond donors (Lipinski definition) is 0. The van der Waals surface area contributed by atoms with Gasteiger partial charge in [0.2, 0.25) is 0 Å². The molecule has 0 bridgehead atoms. The van der Waals surface area contributed by atoms with Crippen LogP contribution in [-0.4, -0.2) is 13.1 Å². The first-order chi connectivity index (χ1) is 13.2. The fourth-order valence-electron chi connectivity index (χ4n) is 3.02. The van der Waals surface area contributed by atoms with Gasteiger partial charge in [0.25, 0.3) is 0 Å². The quantitative estimate of drug-likeness (QED) is 0.529. The van der Waals surface area contributed by atoms with E-state index in [0.717, 1.165) is 24.2 Å². The Labute approximate surface area is 160 Å². The molecule has 27 heavy (non-hydrogen) atoms. The van der Waals surface area contributed by atoms with Crippen LogP contribution in [0.25, 0.3) is 0 Å². The summed E-state index contributed by atoms with van der Waals surface area (Å²) in [5, 5.41) is 0. The second kappa shape index (κ2) is 9.04. The van der Waals surface area contributed by atoms with Crippen LogP contribution in [0.5, 0.6) is 5.75 Å². The van der Waals surface area contributed by atoms with Crippen molar-refractivity contribution in [3.63, 3.8) is 0 Å². The van der Waals surface area contributed by atoms with E-state index in [-0.39, 0.29) is 12.1 Å². The van der Waals surface area contributed by atoms with E-state index >= 15 is 0 Å². The molecule has 0 amide bonds. The molecule has 0 spiro atoms. The Bertz CT molecular complexity index is 870. The molecule has 0 saturated heterocycles. The highest BCUT2D eigenvalue weighted by Gasteiger charge is 2.12. The number of carbonyl (C=O) groups excluding carboxylic acids is 1. The van der Waals surface area contributed by atoms with Gasteiger partial charge in [-0.1, -0.05) is 60.7 Å². The van der Waals surface area contributed by atoms with Crippen molar-refractivity contribution in [2.24, 2.45) is 0 Å². The zero-order chi connectivity index (χ0) is 19.1. The van der Waals surface area contributed by atoms with Crippen molar-refractivity contribution in [2.75, 3.05) is 7.11 Å². The lowest BCUT2D eigenvalue weighted by Gasteiger charge is -2.18. The molecular formula is C24H24O3. The van der Waals surface area contributed by atoms with Crippen molar-refractivity contribution in [3.05, 3.63) is 101 Å². The Morgan fingerprint density at radius 1 is 0.852 bits per heavy atom. The molecule has 3 nitrogen and oxygen atoms in total. The van der Waals surface area contributed by atoms with E-state index in [1.165, 1.54) is 18.2 Å². The fraction of sp³-hybridized carbons (Fsp3) is 0.208. The maximum Gasteiger partial charge on any atom is 0.337 e. The van der Waals surface area contributed by atoms with Crippen LogP contribution >= 0.6 is 0 Å². The SMILES string of the molecule is COC(=O)c1ccc(C(C)Oc2ccccc2CCc2ccccc2)cc1. The minimum absolute atomic E-state index is 0.116. The van der Waals surface area contributed by atoms with Crippen LogP contribution in [-0.2, 0) is 17.6 Å². The summed E-state index contributed by atoms with van der Waals surface area (Å²) in [6, 6.07) is 26.0. The minimum Gasteiger partial charge on any atom is -0.486 e. The molecule has 0 radical (unpaired) electrons. The van der Waals surface area contributed by atoms with Gasteiger partial charge in [0.05, 0.1) is 12.7 Å². The van der Waals surface area contributed by atoms with Crippen molar-refractivity contribution < 1.29 is 14.3 Å². The Balaban J connectivity index is 1.68. The minimum atomic E-state index is -0.332. The summed E-state index contributed by atoms with van der Waals surface area (Å²) in [7, 11) is 1.38. The average molecular weight is 360 g/mol. The van der Waals surface area contributed by atoms with E-state index < -0.39 is 0 Å². The van der Waals surface area contributed by atoms with E-state index in [2.05, 4.69) is 30.3 Å². The van der Waals surface area contributed by atoms with Crippen LogP contribution in [0.15, 0.2) is 78.9 Å². The first-order valence-corrected chi connectivity index (χ1v) is 9.14. The lowest BCUT2D eigenvalue weighted by atomic mass is 10.0. The molecule has 0 aliphatic carbocycles. The third-order valence-corrected chi connectivity index (χ3v) is 4.60. The van der Waals surface area contributed by atoms with E-state index in [1.807, 2.05) is 43.3 Å². The van der Waals surface area contributed by atoms with Gasteiger partial charge < -0.3 is 9.47 Å². The normalized spacial score (nSPS) is 11.6. The topological polar surface area (TPSA) is 35.5 Å². The second-order valence-corrected chi connectivity index (χ2v) is 6.47. The molecule has 0 aliphatic heterocycles. The summed E-state index contributed by atoms with van der Waals surface area (Å²) < 4.78 is 11.0. The number of rotatable bonds is 7. The molecule has 3 heteroatoms. The molecule has 138 valence electrons. The maximum absolute atomic E-state index is 11.6. The molecule has 0 aromatic heterocycles. The molecule has 1 unspecified atom stereocenters. The van der Waals surface area contributed by atoms with Gasteiger partial charge in [0.1, 0.15) is 11.9 Å². The van der Waals surface area contributed by atoms with Gasteiger partial charge in [0, 0.05) is 0 Å². The standard InChI is InChI=1S/C24H24O3/c1-18(20-14-16-22(17-15-20)24(25)26-2)27-23-11-7-6-10-21(23)13-12-19-8-4-3-5-9-19/h3-11,14-18H,12-13H2,1-2H3. The number of esters is 1. The number of hydrogen-bond acceptors (Lipinski definition) is 3. The van der Waals surface area contributed by atoms with E-state index in [9.17, 15) is 4.79 Å². The highest BCUT2D eigenvalue weighted by Crippen LogP contribution is 2.26. The molecule has 3 rings (SSSR count). The van der Waals surface area contributed by atoms with Crippen molar-refractivity contribution >= 4 is 5.97 Å². The van der Waals surface area contributed by atoms with Crippen LogP contribution in [0.2, 0.25) is 0 Å². The summed E-state index contributed by atoms with van der Waals surface area (Å²) in [6.07, 6.45) is 1.78. The summed E-state index contributed by atoms with van der Waals surface area (Å²) in [6.45, 7) is 2.02. The van der Waals surface area contributed by atoms with Gasteiger partial charge in [-0.25, -0.2) is 4.79 Å². The van der Waals surface area contributed by atoms with Crippen molar-refractivity contribution in [2.45, 2.75) is 25.9 Å². The van der Waals surface area contributed by atoms with E-state index in [1.54, 1.807) is 12.1 Å². The lowest BCUT2D eigenvalue weighted by Crippen LogP contribution is -2.07. The molecule has 3 aromatic rings. The van der Waals surface area contributed by atoms with Gasteiger partial charge in [-0.05, 0) is 54.7 Å². The Morgan fingerprint density at radius 3 is 2.22 bits per heavy atom. The molecule has 0 saturated carbocycles. The summed E-state index contributed by atoms with van der Waals surface area (Å²) in [4.78, 5) is 11.6. The van der Waals surface area contributed by atoms with Crippen molar-refractivity contribution in [3.8, 4) is 5.75 Å². The van der Waals surface area contributed by atoms with Gasteiger partial charge in [0.15, 0.2) is 0 Å². The zero-order valence-corrected chi connectivity index (χ0v) is 15.7. The molecule has 0 heterocycles.